The summed E-state index contributed by atoms with van der Waals surface area (Å²) in [6.45, 7) is 5.93. The molecule has 3 heterocycles. The standard InChI is InChI=1S/C34H29N5O2S.C32H27N3O3S/c1-33(20-34(21-35)27-9-5-3-7-25(27)30(33)26-8-4-6-10-28(26)34)31(40)38-32-37-23(19-42-32)17-22-11-13-24(14-12-22)41-18-29-36-15-16-39(29)2;1-20(36)16-38-23-13-11-21(12-14-23)15-22-17-39-30(34-22)35-29(37)31(2)18-32(19-33)26-9-5-3-7-24(26)28(31)25-8-4-6-10-27(25)32/h3-16,19,30H,17-18,20H2,1-2H3,(H,37,38,40);3-14,17,28H,15-16,18H2,1-2H3,(H,34,35,37). The Morgan fingerprint density at radius 3 is 1.37 bits per heavy atom. The van der Waals surface area contributed by atoms with Gasteiger partial charge in [-0.15, -0.1) is 22.7 Å². The minimum Gasteiger partial charge on any atom is -0.486 e. The number of benzene rings is 6. The van der Waals surface area contributed by atoms with E-state index >= 15 is 0 Å². The van der Waals surface area contributed by atoms with E-state index in [9.17, 15) is 24.9 Å². The Balaban J connectivity index is 0.000000161. The quantitative estimate of drug-likeness (QED) is 0.106. The van der Waals surface area contributed by atoms with Crippen LogP contribution in [0, 0.1) is 33.5 Å². The fourth-order valence-electron chi connectivity index (χ4n) is 13.0. The van der Waals surface area contributed by atoms with Gasteiger partial charge in [0.2, 0.25) is 11.8 Å². The minimum absolute atomic E-state index is 0.0257. The van der Waals surface area contributed by atoms with Crippen LogP contribution in [0.1, 0.15) is 118 Å². The van der Waals surface area contributed by atoms with Gasteiger partial charge in [-0.2, -0.15) is 10.5 Å². The molecule has 13 nitrogen and oxygen atoms in total. The van der Waals surface area contributed by atoms with Gasteiger partial charge in [-0.1, -0.05) is 121 Å². The van der Waals surface area contributed by atoms with Crippen LogP contribution in [-0.2, 0) is 51.7 Å². The lowest BCUT2D eigenvalue weighted by atomic mass is 9.47. The number of aryl methyl sites for hydroxylation is 1. The summed E-state index contributed by atoms with van der Waals surface area (Å²) in [7, 11) is 1.94. The first-order chi connectivity index (χ1) is 39.2. The lowest BCUT2D eigenvalue weighted by molar-refractivity contribution is -0.128. The third kappa shape index (κ3) is 9.26. The highest BCUT2D eigenvalue weighted by Crippen LogP contribution is 2.65. The summed E-state index contributed by atoms with van der Waals surface area (Å²) in [4.78, 5) is 52.9. The monoisotopic (exact) mass is 1100 g/mol. The van der Waals surface area contributed by atoms with Gasteiger partial charge in [0.05, 0.1) is 34.4 Å². The van der Waals surface area contributed by atoms with Crippen LogP contribution in [0.2, 0.25) is 0 Å². The maximum Gasteiger partial charge on any atom is 0.233 e. The number of nitrogens with zero attached hydrogens (tertiary/aromatic N) is 6. The second-order valence-electron chi connectivity index (χ2n) is 22.0. The second kappa shape index (κ2) is 20.9. The molecule has 0 fully saturated rings. The van der Waals surface area contributed by atoms with Crippen molar-refractivity contribution in [1.82, 2.24) is 19.5 Å². The van der Waals surface area contributed by atoms with Crippen LogP contribution >= 0.6 is 22.7 Å². The molecule has 0 aliphatic heterocycles. The highest BCUT2D eigenvalue weighted by molar-refractivity contribution is 7.14. The number of nitriles is 2. The van der Waals surface area contributed by atoms with Crippen molar-refractivity contribution < 1.29 is 23.9 Å². The van der Waals surface area contributed by atoms with Crippen LogP contribution in [0.5, 0.6) is 11.5 Å². The molecule has 6 aromatic carbocycles. The molecule has 0 radical (unpaired) electrons. The van der Waals surface area contributed by atoms with Gasteiger partial charge < -0.3 is 24.7 Å². The molecule has 0 saturated carbocycles. The van der Waals surface area contributed by atoms with Crippen molar-refractivity contribution in [3.63, 3.8) is 0 Å². The van der Waals surface area contributed by atoms with Crippen molar-refractivity contribution in [3.8, 4) is 23.6 Å². The van der Waals surface area contributed by atoms with Gasteiger partial charge in [-0.3, -0.25) is 14.4 Å². The van der Waals surface area contributed by atoms with Gasteiger partial charge in [-0.25, -0.2) is 15.0 Å². The van der Waals surface area contributed by atoms with Crippen molar-refractivity contribution in [1.29, 1.82) is 10.5 Å². The summed E-state index contributed by atoms with van der Waals surface area (Å²) in [6.07, 6.45) is 5.74. The molecule has 4 bridgehead atoms. The number of nitrogens with one attached hydrogen (secondary N) is 2. The topological polar surface area (TPSA) is 185 Å². The molecular formula is C66H56N8O5S2. The van der Waals surface area contributed by atoms with Crippen molar-refractivity contribution in [2.45, 2.75) is 75.7 Å². The Labute approximate surface area is 477 Å². The van der Waals surface area contributed by atoms with Crippen LogP contribution in [0.3, 0.4) is 0 Å². The number of amides is 2. The number of aromatic nitrogens is 4. The molecular weight excluding hydrogens is 1050 g/mol. The smallest absolute Gasteiger partial charge is 0.233 e. The number of imidazole rings is 1. The number of carbonyl (C=O) groups is 3. The van der Waals surface area contributed by atoms with Crippen LogP contribution < -0.4 is 20.1 Å². The van der Waals surface area contributed by atoms with E-state index in [4.69, 9.17) is 14.5 Å². The number of hydrogen-bond acceptors (Lipinski definition) is 12. The lowest BCUT2D eigenvalue weighted by Crippen LogP contribution is -2.53. The Morgan fingerprint density at radius 1 is 0.605 bits per heavy atom. The molecule has 9 aromatic rings. The predicted molar refractivity (Wildman–Crippen MR) is 311 cm³/mol. The largest absolute Gasteiger partial charge is 0.486 e. The van der Waals surface area contributed by atoms with Crippen LogP contribution in [0.4, 0.5) is 10.3 Å². The number of rotatable bonds is 14. The second-order valence-corrected chi connectivity index (χ2v) is 23.7. The molecule has 6 aliphatic rings. The number of anilines is 2. The van der Waals surface area contributed by atoms with Gasteiger partial charge in [-0.05, 0) is 114 Å². The number of carbonyl (C=O) groups excluding carboxylic acids is 3. The first-order valence-corrected chi connectivity index (χ1v) is 28.6. The fraction of sp³-hybridized carbons (Fsp3) is 0.242. The van der Waals surface area contributed by atoms with Crippen molar-refractivity contribution in [2.75, 3.05) is 17.2 Å². The third-order valence-electron chi connectivity index (χ3n) is 16.8. The molecule has 15 rings (SSSR count). The summed E-state index contributed by atoms with van der Waals surface area (Å²) in [6, 6.07) is 53.1. The predicted octanol–water partition coefficient (Wildman–Crippen LogP) is 12.4. The summed E-state index contributed by atoms with van der Waals surface area (Å²) in [5, 5.41) is 32.4. The van der Waals surface area contributed by atoms with Crippen molar-refractivity contribution >= 4 is 50.5 Å². The van der Waals surface area contributed by atoms with E-state index in [1.807, 2.05) is 164 Å². The Kier molecular flexibility index (Phi) is 13.6. The van der Waals surface area contributed by atoms with Gasteiger partial charge in [0.15, 0.2) is 16.0 Å². The zero-order valence-corrected chi connectivity index (χ0v) is 46.7. The fourth-order valence-corrected chi connectivity index (χ4v) is 14.5. The molecule has 2 N–H and O–H groups in total. The van der Waals surface area contributed by atoms with Gasteiger partial charge in [0.1, 0.15) is 41.4 Å². The number of fused-ring (bicyclic) bond motifs is 2. The molecule has 402 valence electrons. The van der Waals surface area contributed by atoms with E-state index in [-0.39, 0.29) is 36.0 Å². The molecule has 2 atom stereocenters. The van der Waals surface area contributed by atoms with Crippen molar-refractivity contribution in [3.05, 3.63) is 242 Å². The zero-order chi connectivity index (χ0) is 56.1. The summed E-state index contributed by atoms with van der Waals surface area (Å²) in [5.74, 6) is 1.75. The minimum atomic E-state index is -0.873. The number of ether oxygens (including phenoxy) is 2. The molecule has 15 heteroatoms. The number of thiazole rings is 2. The molecule has 2 unspecified atom stereocenters. The normalized spacial score (nSPS) is 22.0. The average molecular weight is 1110 g/mol. The van der Waals surface area contributed by atoms with Gasteiger partial charge >= 0.3 is 0 Å². The van der Waals surface area contributed by atoms with Gasteiger partial charge in [0.25, 0.3) is 0 Å². The molecule has 2 amide bonds. The Morgan fingerprint density at radius 2 is 1.00 bits per heavy atom. The Hall–Kier alpha value is -9.02. The maximum atomic E-state index is 14.1. The molecule has 6 aliphatic carbocycles. The van der Waals surface area contributed by atoms with E-state index in [1.54, 1.807) is 6.20 Å². The van der Waals surface area contributed by atoms with Crippen LogP contribution in [-0.4, -0.2) is 43.7 Å². The first-order valence-electron chi connectivity index (χ1n) is 26.9. The summed E-state index contributed by atoms with van der Waals surface area (Å²) >= 11 is 2.83. The average Bonchev–Trinajstić information content (AvgIpc) is 2.82. The molecule has 0 saturated heterocycles. The maximum absolute atomic E-state index is 14.1. The summed E-state index contributed by atoms with van der Waals surface area (Å²) in [5.41, 5.74) is 8.81. The number of Topliss-reactive ketones (excluding diaryl/α,β-unsaturated/α-hetero) is 1. The number of hydrogen-bond donors (Lipinski definition) is 2. The molecule has 81 heavy (non-hydrogen) atoms. The first kappa shape index (κ1) is 52.7. The molecule has 0 spiro atoms. The van der Waals surface area contributed by atoms with E-state index in [1.165, 1.54) is 29.6 Å². The van der Waals surface area contributed by atoms with E-state index in [2.05, 4.69) is 57.0 Å². The SMILES string of the molecule is CC(=O)COc1ccc(Cc2csc(NC(=O)C3(C)CC4(C#N)c5ccccc5C3c3ccccc34)n2)cc1.Cn1ccnc1COc1ccc(Cc2csc(NC(=O)C3(C)CC4(C#N)c5ccccc5C3c3ccccc34)n2)cc1. The number of ketones is 1. The highest BCUT2D eigenvalue weighted by Gasteiger charge is 2.62. The van der Waals surface area contributed by atoms with E-state index < -0.39 is 21.7 Å². The van der Waals surface area contributed by atoms with Gasteiger partial charge in [0, 0.05) is 54.9 Å². The third-order valence-corrected chi connectivity index (χ3v) is 18.4. The zero-order valence-electron chi connectivity index (χ0n) is 45.1. The Bertz CT molecular complexity index is 3910. The highest BCUT2D eigenvalue weighted by atomic mass is 32.1. The summed E-state index contributed by atoms with van der Waals surface area (Å²) < 4.78 is 13.2. The van der Waals surface area contributed by atoms with E-state index in [0.717, 1.165) is 78.6 Å². The van der Waals surface area contributed by atoms with E-state index in [0.29, 0.717) is 48.3 Å². The molecule has 3 aromatic heterocycles. The lowest BCUT2D eigenvalue weighted by Gasteiger charge is -2.54. The van der Waals surface area contributed by atoms with Crippen LogP contribution in [0.25, 0.3) is 0 Å². The van der Waals surface area contributed by atoms with Crippen molar-refractivity contribution in [2.24, 2.45) is 17.9 Å². The van der Waals surface area contributed by atoms with Crippen LogP contribution in [0.15, 0.2) is 169 Å².